The first-order valence-corrected chi connectivity index (χ1v) is 9.48. The van der Waals surface area contributed by atoms with Gasteiger partial charge in [-0.25, -0.2) is 0 Å². The van der Waals surface area contributed by atoms with Crippen molar-refractivity contribution in [1.82, 2.24) is 0 Å². The fourth-order valence-electron chi connectivity index (χ4n) is 2.34. The Labute approximate surface area is 119 Å². The summed E-state index contributed by atoms with van der Waals surface area (Å²) in [4.78, 5) is 14.1. The second kappa shape index (κ2) is 6.93. The van der Waals surface area contributed by atoms with Crippen LogP contribution in [0, 0.1) is 0 Å². The van der Waals surface area contributed by atoms with Gasteiger partial charge in [-0.1, -0.05) is 65.9 Å². The molecule has 0 aromatic heterocycles. The van der Waals surface area contributed by atoms with Gasteiger partial charge in [-0.15, -0.1) is 0 Å². The number of benzene rings is 1. The van der Waals surface area contributed by atoms with Crippen molar-refractivity contribution in [2.45, 2.75) is 31.6 Å². The molecule has 20 heavy (non-hydrogen) atoms. The van der Waals surface area contributed by atoms with Crippen molar-refractivity contribution >= 4 is 19.2 Å². The highest BCUT2D eigenvalue weighted by Crippen LogP contribution is 2.29. The molecule has 1 rings (SSSR count). The molecular weight excluding hydrogens is 270 g/mol. The Morgan fingerprint density at radius 2 is 2.00 bits per heavy atom. The molecular formula is C14H19N3O2Si. The number of allylic oxidation sites excluding steroid dienone is 1. The van der Waals surface area contributed by atoms with Crippen molar-refractivity contribution in [2.24, 2.45) is 5.11 Å². The van der Waals surface area contributed by atoms with Crippen LogP contribution in [0.3, 0.4) is 0 Å². The van der Waals surface area contributed by atoms with Crippen molar-refractivity contribution in [3.05, 3.63) is 52.9 Å². The molecule has 1 N–H and O–H groups in total. The second-order valence-electron chi connectivity index (χ2n) is 5.13. The van der Waals surface area contributed by atoms with Gasteiger partial charge in [0, 0.05) is 4.91 Å². The highest BCUT2D eigenvalue weighted by molar-refractivity contribution is 6.91. The lowest BCUT2D eigenvalue weighted by Gasteiger charge is -2.33. The Balaban J connectivity index is 3.31. The molecule has 0 spiro atoms. The lowest BCUT2D eigenvalue weighted by Crippen LogP contribution is -2.50. The van der Waals surface area contributed by atoms with Gasteiger partial charge in [-0.3, -0.25) is 4.79 Å². The van der Waals surface area contributed by atoms with Gasteiger partial charge in [0.1, 0.15) is 6.04 Å². The third-order valence-corrected chi connectivity index (χ3v) is 7.52. The van der Waals surface area contributed by atoms with Crippen LogP contribution < -0.4 is 5.19 Å². The third-order valence-electron chi connectivity index (χ3n) is 3.52. The van der Waals surface area contributed by atoms with Crippen LogP contribution >= 0.6 is 0 Å². The molecule has 0 aliphatic rings. The molecule has 0 saturated heterocycles. The Hall–Kier alpha value is -2.04. The van der Waals surface area contributed by atoms with Crippen molar-refractivity contribution in [3.8, 4) is 0 Å². The Kier molecular flexibility index (Phi) is 5.55. The first-order valence-electron chi connectivity index (χ1n) is 6.40. The molecule has 0 radical (unpaired) electrons. The predicted molar refractivity (Wildman–Crippen MR) is 82.7 cm³/mol. The second-order valence-corrected chi connectivity index (χ2v) is 9.81. The number of rotatable bonds is 6. The molecule has 6 heteroatoms. The van der Waals surface area contributed by atoms with Crippen molar-refractivity contribution in [1.29, 1.82) is 0 Å². The zero-order valence-electron chi connectivity index (χ0n) is 11.9. The highest BCUT2D eigenvalue weighted by Gasteiger charge is 2.40. The number of carbonyl (C=O) groups is 1. The van der Waals surface area contributed by atoms with Crippen molar-refractivity contribution in [3.63, 3.8) is 0 Å². The van der Waals surface area contributed by atoms with Crippen LogP contribution in [0.15, 0.2) is 47.6 Å². The van der Waals surface area contributed by atoms with E-state index in [1.807, 2.05) is 49.4 Å². The normalized spacial score (nSPS) is 14.6. The third kappa shape index (κ3) is 3.50. The summed E-state index contributed by atoms with van der Waals surface area (Å²) in [5.74, 6) is -1.08. The first-order chi connectivity index (χ1) is 9.45. The molecule has 0 aliphatic heterocycles. The molecule has 0 amide bonds. The van der Waals surface area contributed by atoms with E-state index in [2.05, 4.69) is 23.1 Å². The monoisotopic (exact) mass is 289 g/mol. The molecule has 2 atom stereocenters. The number of carboxylic acid groups (broad SMARTS) is 1. The van der Waals surface area contributed by atoms with E-state index in [-0.39, 0.29) is 5.54 Å². The number of carboxylic acids is 1. The van der Waals surface area contributed by atoms with E-state index in [1.165, 1.54) is 0 Å². The van der Waals surface area contributed by atoms with Gasteiger partial charge < -0.3 is 5.11 Å². The lowest BCUT2D eigenvalue weighted by molar-refractivity contribution is -0.138. The number of hydrogen-bond donors (Lipinski definition) is 1. The lowest BCUT2D eigenvalue weighted by atomic mass is 10.2. The predicted octanol–water partition coefficient (Wildman–Crippen LogP) is 3.31. The molecule has 0 fully saturated rings. The van der Waals surface area contributed by atoms with Crippen molar-refractivity contribution < 1.29 is 9.90 Å². The fourth-order valence-corrected chi connectivity index (χ4v) is 5.45. The van der Waals surface area contributed by atoms with Crippen LogP contribution in [0.2, 0.25) is 18.6 Å². The van der Waals surface area contributed by atoms with Gasteiger partial charge in [0.05, 0.1) is 8.07 Å². The van der Waals surface area contributed by atoms with Gasteiger partial charge in [-0.2, -0.15) is 0 Å². The van der Waals surface area contributed by atoms with E-state index < -0.39 is 20.1 Å². The topological polar surface area (TPSA) is 86.1 Å². The minimum absolute atomic E-state index is 0.289. The quantitative estimate of drug-likeness (QED) is 0.286. The molecule has 106 valence electrons. The standard InChI is InChI=1S/C14H19N3O2Si/c1-4-8-12(13(14(18)19)16-17-15)20(2,3)11-9-6-5-7-10-11/h4-10,12-13H,1-3H3,(H,18,19)/b8-4+/t12-,13-/m1/s1. The fraction of sp³-hybridized carbons (Fsp3) is 0.357. The summed E-state index contributed by atoms with van der Waals surface area (Å²) in [7, 11) is -2.13. The van der Waals surface area contributed by atoms with E-state index >= 15 is 0 Å². The van der Waals surface area contributed by atoms with Crippen LogP contribution in [0.4, 0.5) is 0 Å². The summed E-state index contributed by atoms with van der Waals surface area (Å²) in [6.07, 6.45) is 3.68. The van der Waals surface area contributed by atoms with Gasteiger partial charge in [-0.05, 0) is 18.0 Å². The number of nitrogens with zero attached hydrogens (tertiary/aromatic N) is 3. The zero-order valence-corrected chi connectivity index (χ0v) is 12.9. The minimum atomic E-state index is -2.13. The largest absolute Gasteiger partial charge is 0.481 e. The van der Waals surface area contributed by atoms with E-state index in [0.717, 1.165) is 5.19 Å². The number of hydrogen-bond acceptors (Lipinski definition) is 2. The maximum absolute atomic E-state index is 11.4. The summed E-state index contributed by atoms with van der Waals surface area (Å²) in [5, 5.41) is 14.0. The van der Waals surface area contributed by atoms with Gasteiger partial charge in [0.25, 0.3) is 0 Å². The maximum atomic E-state index is 11.4. The molecule has 0 bridgehead atoms. The molecule has 0 heterocycles. The molecule has 0 aliphatic carbocycles. The summed E-state index contributed by atoms with van der Waals surface area (Å²) in [6, 6.07) is 8.77. The SMILES string of the molecule is C/C=C/[C@H]([C@@H](N=[N+]=[N-])C(=O)O)[Si](C)(C)c1ccccc1. The van der Waals surface area contributed by atoms with Crippen LogP contribution in [0.1, 0.15) is 6.92 Å². The van der Waals surface area contributed by atoms with Crippen LogP contribution in [-0.4, -0.2) is 25.2 Å². The molecule has 0 unspecified atom stereocenters. The van der Waals surface area contributed by atoms with Crippen LogP contribution in [-0.2, 0) is 4.79 Å². The summed E-state index contributed by atoms with van der Waals surface area (Å²) >= 11 is 0. The molecule has 1 aromatic carbocycles. The van der Waals surface area contributed by atoms with Crippen molar-refractivity contribution in [2.75, 3.05) is 0 Å². The Morgan fingerprint density at radius 1 is 1.40 bits per heavy atom. The number of aliphatic carboxylic acids is 1. The Morgan fingerprint density at radius 3 is 2.45 bits per heavy atom. The zero-order chi connectivity index (χ0) is 15.2. The molecule has 5 nitrogen and oxygen atoms in total. The first kappa shape index (κ1) is 16.0. The van der Waals surface area contributed by atoms with Gasteiger partial charge >= 0.3 is 5.97 Å². The summed E-state index contributed by atoms with van der Waals surface area (Å²) in [6.45, 7) is 6.03. The highest BCUT2D eigenvalue weighted by atomic mass is 28.3. The minimum Gasteiger partial charge on any atom is -0.481 e. The van der Waals surface area contributed by atoms with E-state index in [0.29, 0.717) is 0 Å². The molecule has 0 saturated carbocycles. The average molecular weight is 289 g/mol. The summed E-state index contributed by atoms with van der Waals surface area (Å²) < 4.78 is 0. The van der Waals surface area contributed by atoms with Gasteiger partial charge in [0.2, 0.25) is 0 Å². The average Bonchev–Trinajstić information content (AvgIpc) is 2.43. The van der Waals surface area contributed by atoms with Crippen LogP contribution in [0.5, 0.6) is 0 Å². The van der Waals surface area contributed by atoms with Crippen LogP contribution in [0.25, 0.3) is 10.4 Å². The summed E-state index contributed by atoms with van der Waals surface area (Å²) in [5.41, 5.74) is 8.34. The maximum Gasteiger partial charge on any atom is 0.312 e. The smallest absolute Gasteiger partial charge is 0.312 e. The number of azide groups is 1. The molecule has 1 aromatic rings. The van der Waals surface area contributed by atoms with E-state index in [1.54, 1.807) is 0 Å². The van der Waals surface area contributed by atoms with E-state index in [9.17, 15) is 9.90 Å². The van der Waals surface area contributed by atoms with Gasteiger partial charge in [0.15, 0.2) is 0 Å². The Bertz CT molecular complexity index is 535. The van der Waals surface area contributed by atoms with E-state index in [4.69, 9.17) is 5.53 Å².